The minimum absolute atomic E-state index is 0.360. The van der Waals surface area contributed by atoms with Gasteiger partial charge >= 0.3 is 5.97 Å². The highest BCUT2D eigenvalue weighted by Crippen LogP contribution is 2.21. The molecule has 1 aromatic heterocycles. The Kier molecular flexibility index (Phi) is 4.34. The highest BCUT2D eigenvalue weighted by Gasteiger charge is 2.06. The van der Waals surface area contributed by atoms with Crippen LogP contribution in [-0.4, -0.2) is 18.1 Å². The van der Waals surface area contributed by atoms with Crippen molar-refractivity contribution in [2.75, 3.05) is 12.4 Å². The van der Waals surface area contributed by atoms with Gasteiger partial charge in [0.25, 0.3) is 0 Å². The van der Waals surface area contributed by atoms with Crippen molar-refractivity contribution in [3.63, 3.8) is 0 Å². The molecule has 0 atom stereocenters. The zero-order valence-corrected chi connectivity index (χ0v) is 12.7. The molecule has 4 nitrogen and oxygen atoms in total. The third-order valence-electron chi connectivity index (χ3n) is 3.43. The van der Waals surface area contributed by atoms with Crippen LogP contribution in [0, 0.1) is 0 Å². The molecule has 23 heavy (non-hydrogen) atoms. The molecule has 0 fully saturated rings. The van der Waals surface area contributed by atoms with Crippen molar-refractivity contribution in [3.8, 4) is 11.1 Å². The fraction of sp³-hybridized carbons (Fsp3) is 0.0526. The fourth-order valence-corrected chi connectivity index (χ4v) is 2.26. The monoisotopic (exact) mass is 304 g/mol. The van der Waals surface area contributed by atoms with Gasteiger partial charge in [-0.05, 0) is 35.9 Å². The Morgan fingerprint density at radius 1 is 0.957 bits per heavy atom. The van der Waals surface area contributed by atoms with Gasteiger partial charge < -0.3 is 10.1 Å². The van der Waals surface area contributed by atoms with E-state index in [1.807, 2.05) is 54.7 Å². The van der Waals surface area contributed by atoms with E-state index in [9.17, 15) is 4.79 Å². The van der Waals surface area contributed by atoms with Crippen LogP contribution in [0.15, 0.2) is 72.9 Å². The molecule has 0 saturated heterocycles. The molecule has 0 aliphatic rings. The lowest BCUT2D eigenvalue weighted by molar-refractivity contribution is 0.0601. The zero-order valence-electron chi connectivity index (χ0n) is 12.7. The Morgan fingerprint density at radius 2 is 1.78 bits per heavy atom. The summed E-state index contributed by atoms with van der Waals surface area (Å²) in [5, 5.41) is 3.18. The molecule has 1 N–H and O–H groups in total. The van der Waals surface area contributed by atoms with Gasteiger partial charge in [0.05, 0.1) is 12.7 Å². The summed E-state index contributed by atoms with van der Waals surface area (Å²) < 4.78 is 4.72. The number of hydrogen-bond acceptors (Lipinski definition) is 4. The molecule has 3 aromatic rings. The number of carbonyl (C=O) groups excluding carboxylic acids is 1. The van der Waals surface area contributed by atoms with E-state index in [4.69, 9.17) is 4.74 Å². The van der Waals surface area contributed by atoms with Gasteiger partial charge in [-0.1, -0.05) is 36.4 Å². The van der Waals surface area contributed by atoms with Crippen LogP contribution < -0.4 is 5.32 Å². The molecule has 4 heteroatoms. The highest BCUT2D eigenvalue weighted by molar-refractivity contribution is 5.90. The molecule has 114 valence electrons. The number of pyridine rings is 1. The van der Waals surface area contributed by atoms with E-state index in [2.05, 4.69) is 10.3 Å². The summed E-state index contributed by atoms with van der Waals surface area (Å²) in [5.74, 6) is 0.354. The van der Waals surface area contributed by atoms with E-state index in [0.29, 0.717) is 11.4 Å². The SMILES string of the molecule is COC(=O)c1cccc(Nc2ccc(-c3ccccc3)cn2)c1. The molecular weight excluding hydrogens is 288 g/mol. The number of esters is 1. The van der Waals surface area contributed by atoms with Gasteiger partial charge in [0.2, 0.25) is 0 Å². The van der Waals surface area contributed by atoms with Crippen LogP contribution in [0.2, 0.25) is 0 Å². The van der Waals surface area contributed by atoms with Gasteiger partial charge in [0, 0.05) is 17.4 Å². The predicted molar refractivity (Wildman–Crippen MR) is 90.7 cm³/mol. The number of carbonyl (C=O) groups is 1. The Balaban J connectivity index is 1.77. The number of nitrogens with zero attached hydrogens (tertiary/aromatic N) is 1. The normalized spacial score (nSPS) is 10.1. The Bertz CT molecular complexity index is 799. The highest BCUT2D eigenvalue weighted by atomic mass is 16.5. The molecule has 0 radical (unpaired) electrons. The number of hydrogen-bond donors (Lipinski definition) is 1. The second kappa shape index (κ2) is 6.75. The van der Waals surface area contributed by atoms with Crippen molar-refractivity contribution in [1.29, 1.82) is 0 Å². The second-order valence-corrected chi connectivity index (χ2v) is 5.00. The first-order valence-electron chi connectivity index (χ1n) is 7.23. The molecule has 0 spiro atoms. The van der Waals surface area contributed by atoms with E-state index in [1.165, 1.54) is 7.11 Å². The van der Waals surface area contributed by atoms with Crippen LogP contribution >= 0.6 is 0 Å². The minimum atomic E-state index is -0.360. The van der Waals surface area contributed by atoms with Crippen LogP contribution in [0.5, 0.6) is 0 Å². The Labute approximate surface area is 134 Å². The second-order valence-electron chi connectivity index (χ2n) is 5.00. The van der Waals surface area contributed by atoms with Gasteiger partial charge in [-0.2, -0.15) is 0 Å². The van der Waals surface area contributed by atoms with Crippen molar-refractivity contribution >= 4 is 17.5 Å². The Morgan fingerprint density at radius 3 is 2.48 bits per heavy atom. The van der Waals surface area contributed by atoms with Crippen LogP contribution in [-0.2, 0) is 4.74 Å². The van der Waals surface area contributed by atoms with Crippen molar-refractivity contribution in [3.05, 3.63) is 78.5 Å². The lowest BCUT2D eigenvalue weighted by Gasteiger charge is -2.08. The van der Waals surface area contributed by atoms with Crippen molar-refractivity contribution in [2.24, 2.45) is 0 Å². The summed E-state index contributed by atoms with van der Waals surface area (Å²) in [4.78, 5) is 16.0. The van der Waals surface area contributed by atoms with Crippen LogP contribution in [0.1, 0.15) is 10.4 Å². The molecule has 0 saturated carbocycles. The molecule has 2 aromatic carbocycles. The van der Waals surface area contributed by atoms with E-state index < -0.39 is 0 Å². The number of ether oxygens (including phenoxy) is 1. The van der Waals surface area contributed by atoms with Gasteiger partial charge in [0.15, 0.2) is 0 Å². The predicted octanol–water partition coefficient (Wildman–Crippen LogP) is 4.28. The summed E-state index contributed by atoms with van der Waals surface area (Å²) in [6.07, 6.45) is 1.82. The lowest BCUT2D eigenvalue weighted by atomic mass is 10.1. The van der Waals surface area contributed by atoms with E-state index >= 15 is 0 Å². The summed E-state index contributed by atoms with van der Waals surface area (Å²) in [7, 11) is 1.37. The summed E-state index contributed by atoms with van der Waals surface area (Å²) in [5.41, 5.74) is 3.46. The maximum atomic E-state index is 11.6. The molecular formula is C19H16N2O2. The minimum Gasteiger partial charge on any atom is -0.465 e. The average Bonchev–Trinajstić information content (AvgIpc) is 2.62. The number of nitrogens with one attached hydrogen (secondary N) is 1. The lowest BCUT2D eigenvalue weighted by Crippen LogP contribution is -2.02. The molecule has 0 amide bonds. The number of benzene rings is 2. The molecule has 0 aliphatic heterocycles. The van der Waals surface area contributed by atoms with Crippen molar-refractivity contribution in [2.45, 2.75) is 0 Å². The molecule has 0 unspecified atom stereocenters. The van der Waals surface area contributed by atoms with E-state index in [-0.39, 0.29) is 5.97 Å². The number of rotatable bonds is 4. The summed E-state index contributed by atoms with van der Waals surface area (Å²) in [6, 6.07) is 21.1. The van der Waals surface area contributed by atoms with Gasteiger partial charge in [-0.15, -0.1) is 0 Å². The first kappa shape index (κ1) is 14.8. The van der Waals surface area contributed by atoms with Gasteiger partial charge in [-0.25, -0.2) is 9.78 Å². The number of anilines is 2. The van der Waals surface area contributed by atoms with Crippen LogP contribution in [0.25, 0.3) is 11.1 Å². The number of methoxy groups -OCH3 is 1. The van der Waals surface area contributed by atoms with Crippen molar-refractivity contribution < 1.29 is 9.53 Å². The molecule has 0 bridgehead atoms. The smallest absolute Gasteiger partial charge is 0.337 e. The maximum Gasteiger partial charge on any atom is 0.337 e. The van der Waals surface area contributed by atoms with Crippen LogP contribution in [0.4, 0.5) is 11.5 Å². The first-order chi connectivity index (χ1) is 11.3. The summed E-state index contributed by atoms with van der Waals surface area (Å²) >= 11 is 0. The third-order valence-corrected chi connectivity index (χ3v) is 3.43. The van der Waals surface area contributed by atoms with Gasteiger partial charge in [-0.3, -0.25) is 0 Å². The summed E-state index contributed by atoms with van der Waals surface area (Å²) in [6.45, 7) is 0. The molecule has 3 rings (SSSR count). The largest absolute Gasteiger partial charge is 0.465 e. The first-order valence-corrected chi connectivity index (χ1v) is 7.23. The molecule has 1 heterocycles. The fourth-order valence-electron chi connectivity index (χ4n) is 2.26. The average molecular weight is 304 g/mol. The van der Waals surface area contributed by atoms with E-state index in [0.717, 1.165) is 16.8 Å². The zero-order chi connectivity index (χ0) is 16.1. The molecule has 0 aliphatic carbocycles. The third kappa shape index (κ3) is 3.55. The quantitative estimate of drug-likeness (QED) is 0.731. The van der Waals surface area contributed by atoms with Gasteiger partial charge in [0.1, 0.15) is 5.82 Å². The Hall–Kier alpha value is -3.14. The topological polar surface area (TPSA) is 51.2 Å². The van der Waals surface area contributed by atoms with Crippen LogP contribution in [0.3, 0.4) is 0 Å². The maximum absolute atomic E-state index is 11.6. The van der Waals surface area contributed by atoms with Crippen molar-refractivity contribution in [1.82, 2.24) is 4.98 Å². The number of aromatic nitrogens is 1. The van der Waals surface area contributed by atoms with E-state index in [1.54, 1.807) is 18.2 Å². The standard InChI is InChI=1S/C19H16N2O2/c1-23-19(22)15-8-5-9-17(12-15)21-18-11-10-16(13-20-18)14-6-3-2-4-7-14/h2-13H,1H3,(H,20,21).